The van der Waals surface area contributed by atoms with E-state index in [1.54, 1.807) is 10.6 Å². The second kappa shape index (κ2) is 11.2. The van der Waals surface area contributed by atoms with Crippen molar-refractivity contribution in [2.45, 2.75) is 45.6 Å². The number of esters is 1. The molecule has 1 atom stereocenters. The van der Waals surface area contributed by atoms with Gasteiger partial charge in [0, 0.05) is 35.6 Å². The number of carbonyl (C=O) groups is 2. The van der Waals surface area contributed by atoms with Crippen LogP contribution in [0.3, 0.4) is 0 Å². The molecule has 0 bridgehead atoms. The lowest BCUT2D eigenvalue weighted by Crippen LogP contribution is -2.37. The Kier molecular flexibility index (Phi) is 7.76. The van der Waals surface area contributed by atoms with Gasteiger partial charge in [0.05, 0.1) is 42.2 Å². The summed E-state index contributed by atoms with van der Waals surface area (Å²) in [5.41, 5.74) is 9.83. The summed E-state index contributed by atoms with van der Waals surface area (Å²) in [6.45, 7) is 6.39. The van der Waals surface area contributed by atoms with Gasteiger partial charge in [-0.15, -0.1) is 0 Å². The van der Waals surface area contributed by atoms with Gasteiger partial charge in [-0.2, -0.15) is 0 Å². The van der Waals surface area contributed by atoms with E-state index in [1.165, 1.54) is 0 Å². The van der Waals surface area contributed by atoms with Crippen LogP contribution in [0.2, 0.25) is 0 Å². The second-order valence-corrected chi connectivity index (χ2v) is 10.0. The number of nitrogens with one attached hydrogen (secondary N) is 1. The highest BCUT2D eigenvalue weighted by atomic mass is 16.5. The lowest BCUT2D eigenvalue weighted by Gasteiger charge is -2.27. The fourth-order valence-corrected chi connectivity index (χ4v) is 5.29. The Morgan fingerprint density at radius 1 is 1.28 bits per heavy atom. The number of hydrogen-bond acceptors (Lipinski definition) is 9. The van der Waals surface area contributed by atoms with E-state index in [1.807, 2.05) is 24.3 Å². The summed E-state index contributed by atoms with van der Waals surface area (Å²) in [6.07, 6.45) is -0.762. The van der Waals surface area contributed by atoms with Crippen molar-refractivity contribution in [3.8, 4) is 11.4 Å². The molecular weight excluding hydrogens is 502 g/mol. The number of aliphatic hydroxyl groups is 1. The SMILES string of the molecule is CC(C)N(CCOCNC(=O)CN)CCc1c2c(nc3ccccc13)-c1cc3c(c(=O)n1C2)COC(=O)C3O. The lowest BCUT2D eigenvalue weighted by molar-refractivity contribution is -0.157. The van der Waals surface area contributed by atoms with Crippen LogP contribution in [0.5, 0.6) is 0 Å². The number of cyclic esters (lactones) is 1. The number of benzene rings is 1. The fourth-order valence-electron chi connectivity index (χ4n) is 5.29. The average molecular weight is 536 g/mol. The topological polar surface area (TPSA) is 149 Å². The molecule has 3 aromatic rings. The van der Waals surface area contributed by atoms with Crippen molar-refractivity contribution in [3.63, 3.8) is 0 Å². The quantitative estimate of drug-likeness (QED) is 0.152. The molecule has 1 amide bonds. The largest absolute Gasteiger partial charge is 0.458 e. The van der Waals surface area contributed by atoms with E-state index in [-0.39, 0.29) is 37.4 Å². The predicted molar refractivity (Wildman–Crippen MR) is 144 cm³/mol. The van der Waals surface area contributed by atoms with Crippen molar-refractivity contribution in [1.82, 2.24) is 19.8 Å². The molecule has 1 aromatic carbocycles. The van der Waals surface area contributed by atoms with Gasteiger partial charge >= 0.3 is 5.97 Å². The third kappa shape index (κ3) is 5.18. The van der Waals surface area contributed by atoms with Crippen LogP contribution in [0, 0.1) is 0 Å². The lowest BCUT2D eigenvalue weighted by atomic mass is 9.96. The van der Waals surface area contributed by atoms with E-state index < -0.39 is 12.1 Å². The van der Waals surface area contributed by atoms with Crippen molar-refractivity contribution in [2.24, 2.45) is 5.73 Å². The minimum atomic E-state index is -1.48. The number of hydrogen-bond donors (Lipinski definition) is 3. The molecular formula is C28H33N5O6. The van der Waals surface area contributed by atoms with Crippen LogP contribution in [0.25, 0.3) is 22.3 Å². The van der Waals surface area contributed by atoms with E-state index in [0.717, 1.165) is 35.0 Å². The maximum absolute atomic E-state index is 13.4. The highest BCUT2D eigenvalue weighted by molar-refractivity contribution is 5.88. The molecule has 5 rings (SSSR count). The third-order valence-corrected chi connectivity index (χ3v) is 7.44. The highest BCUT2D eigenvalue weighted by Gasteiger charge is 2.34. The molecule has 4 N–H and O–H groups in total. The number of nitrogens with two attached hydrogens (primary N) is 1. The Hall–Kier alpha value is -3.64. The van der Waals surface area contributed by atoms with E-state index in [2.05, 4.69) is 24.1 Å². The number of fused-ring (bicyclic) bond motifs is 5. The minimum absolute atomic E-state index is 0.0726. The summed E-state index contributed by atoms with van der Waals surface area (Å²) in [7, 11) is 0. The van der Waals surface area contributed by atoms with Crippen LogP contribution >= 0.6 is 0 Å². The van der Waals surface area contributed by atoms with Gasteiger partial charge in [0.15, 0.2) is 6.10 Å². The first-order valence-electron chi connectivity index (χ1n) is 13.1. The number of ether oxygens (including phenoxy) is 2. The molecule has 11 nitrogen and oxygen atoms in total. The Morgan fingerprint density at radius 3 is 2.85 bits per heavy atom. The monoisotopic (exact) mass is 535 g/mol. The number of aliphatic hydroxyl groups excluding tert-OH is 1. The second-order valence-electron chi connectivity index (χ2n) is 10.0. The average Bonchev–Trinajstić information content (AvgIpc) is 3.30. The number of para-hydroxylation sites is 1. The molecule has 1 unspecified atom stereocenters. The molecule has 0 saturated carbocycles. The van der Waals surface area contributed by atoms with Crippen LogP contribution in [-0.2, 0) is 38.6 Å². The zero-order chi connectivity index (χ0) is 27.7. The number of rotatable bonds is 10. The van der Waals surface area contributed by atoms with Gasteiger partial charge < -0.3 is 30.2 Å². The fraction of sp³-hybridized carbons (Fsp3) is 0.429. The molecule has 0 fully saturated rings. The summed E-state index contributed by atoms with van der Waals surface area (Å²) < 4.78 is 12.2. The molecule has 4 heterocycles. The number of carbonyl (C=O) groups excluding carboxylic acids is 2. The summed E-state index contributed by atoms with van der Waals surface area (Å²) in [5.74, 6) is -1.01. The summed E-state index contributed by atoms with van der Waals surface area (Å²) in [6, 6.07) is 9.89. The van der Waals surface area contributed by atoms with Crippen LogP contribution in [0.1, 0.15) is 42.2 Å². The minimum Gasteiger partial charge on any atom is -0.458 e. The van der Waals surface area contributed by atoms with Crippen LogP contribution in [-0.4, -0.2) is 70.4 Å². The molecule has 39 heavy (non-hydrogen) atoms. The molecule has 2 aromatic heterocycles. The van der Waals surface area contributed by atoms with Gasteiger partial charge in [-0.1, -0.05) is 18.2 Å². The molecule has 0 spiro atoms. The number of pyridine rings is 2. The molecule has 2 aliphatic heterocycles. The Bertz CT molecular complexity index is 1480. The zero-order valence-corrected chi connectivity index (χ0v) is 22.1. The van der Waals surface area contributed by atoms with Crippen molar-refractivity contribution in [3.05, 3.63) is 62.9 Å². The van der Waals surface area contributed by atoms with Gasteiger partial charge in [0.1, 0.15) is 13.3 Å². The molecule has 2 aliphatic rings. The number of aromatic nitrogens is 2. The molecule has 0 radical (unpaired) electrons. The zero-order valence-electron chi connectivity index (χ0n) is 22.1. The van der Waals surface area contributed by atoms with Crippen molar-refractivity contribution >= 4 is 22.8 Å². The van der Waals surface area contributed by atoms with Crippen molar-refractivity contribution in [2.75, 3.05) is 33.0 Å². The first-order valence-corrected chi connectivity index (χ1v) is 13.1. The van der Waals surface area contributed by atoms with Gasteiger partial charge in [0.25, 0.3) is 5.56 Å². The van der Waals surface area contributed by atoms with Crippen molar-refractivity contribution in [1.29, 1.82) is 0 Å². The van der Waals surface area contributed by atoms with Gasteiger partial charge in [-0.05, 0) is 38.0 Å². The standard InChI is InChI=1S/C28H33N5O6/c1-16(2)32(9-10-38-15-30-24(34)12-29)8-7-17-18-5-3-4-6-22(18)31-25-20(17)13-33-23(25)11-19-21(27(33)36)14-39-28(37)26(19)35/h3-6,11,16,26,35H,7-10,12-15,29H2,1-2H3,(H,30,34). The van der Waals surface area contributed by atoms with E-state index in [4.69, 9.17) is 20.2 Å². The first kappa shape index (κ1) is 26.9. The van der Waals surface area contributed by atoms with E-state index >= 15 is 0 Å². The normalized spacial score (nSPS) is 15.8. The summed E-state index contributed by atoms with van der Waals surface area (Å²) >= 11 is 0. The van der Waals surface area contributed by atoms with Crippen LogP contribution in [0.4, 0.5) is 0 Å². The smallest absolute Gasteiger partial charge is 0.340 e. The van der Waals surface area contributed by atoms with E-state index in [0.29, 0.717) is 42.2 Å². The van der Waals surface area contributed by atoms with Gasteiger partial charge in [-0.25, -0.2) is 9.78 Å². The maximum Gasteiger partial charge on any atom is 0.340 e. The number of nitrogens with zero attached hydrogens (tertiary/aromatic N) is 3. The predicted octanol–water partition coefficient (Wildman–Crippen LogP) is 0.817. The molecule has 206 valence electrons. The van der Waals surface area contributed by atoms with Crippen molar-refractivity contribution < 1.29 is 24.2 Å². The molecule has 0 saturated heterocycles. The highest BCUT2D eigenvalue weighted by Crippen LogP contribution is 2.38. The Labute approximate surface area is 225 Å². The van der Waals surface area contributed by atoms with E-state index in [9.17, 15) is 19.5 Å². The van der Waals surface area contributed by atoms with Gasteiger partial charge in [-0.3, -0.25) is 14.5 Å². The Balaban J connectivity index is 1.43. The maximum atomic E-state index is 13.4. The number of amides is 1. The Morgan fingerprint density at radius 2 is 2.08 bits per heavy atom. The summed E-state index contributed by atoms with van der Waals surface area (Å²) in [4.78, 5) is 43.9. The molecule has 0 aliphatic carbocycles. The third-order valence-electron chi connectivity index (χ3n) is 7.44. The molecule has 11 heteroatoms. The summed E-state index contributed by atoms with van der Waals surface area (Å²) in [5, 5.41) is 14.0. The van der Waals surface area contributed by atoms with Crippen LogP contribution < -0.4 is 16.6 Å². The van der Waals surface area contributed by atoms with Gasteiger partial charge in [0.2, 0.25) is 5.91 Å². The first-order chi connectivity index (χ1) is 18.8. The van der Waals surface area contributed by atoms with Crippen LogP contribution in [0.15, 0.2) is 35.1 Å².